The smallest absolute Gasteiger partial charge is 0.251 e. The summed E-state index contributed by atoms with van der Waals surface area (Å²) in [5.74, 6) is -0.0787. The number of hydrogen-bond donors (Lipinski definition) is 2. The molecule has 1 saturated heterocycles. The van der Waals surface area contributed by atoms with Crippen LogP contribution in [-0.2, 0) is 4.79 Å². The second-order valence-corrected chi connectivity index (χ2v) is 5.11. The number of amides is 2. The highest BCUT2D eigenvalue weighted by Crippen LogP contribution is 2.21. The van der Waals surface area contributed by atoms with E-state index < -0.39 is 6.10 Å². The van der Waals surface area contributed by atoms with Crippen molar-refractivity contribution in [2.45, 2.75) is 32.3 Å². The van der Waals surface area contributed by atoms with Gasteiger partial charge in [-0.05, 0) is 44.0 Å². The van der Waals surface area contributed by atoms with Crippen LogP contribution in [0.2, 0.25) is 0 Å². The van der Waals surface area contributed by atoms with Gasteiger partial charge >= 0.3 is 0 Å². The maximum Gasteiger partial charge on any atom is 0.251 e. The number of nitrogens with zero attached hydrogens (tertiary/aromatic N) is 1. The molecular formula is C15H20N2O3. The van der Waals surface area contributed by atoms with E-state index >= 15 is 0 Å². The number of anilines is 1. The van der Waals surface area contributed by atoms with Gasteiger partial charge < -0.3 is 15.3 Å². The topological polar surface area (TPSA) is 69.6 Å². The zero-order valence-electron chi connectivity index (χ0n) is 11.6. The van der Waals surface area contributed by atoms with E-state index in [1.807, 2.05) is 0 Å². The Morgan fingerprint density at radius 1 is 1.35 bits per heavy atom. The summed E-state index contributed by atoms with van der Waals surface area (Å²) in [6.07, 6.45) is 2.00. The number of carbonyl (C=O) groups is 2. The van der Waals surface area contributed by atoms with Gasteiger partial charge in [0.15, 0.2) is 0 Å². The lowest BCUT2D eigenvalue weighted by molar-refractivity contribution is -0.119. The Bertz CT molecular complexity index is 482. The highest BCUT2D eigenvalue weighted by Gasteiger charge is 2.19. The molecule has 0 bridgehead atoms. The zero-order valence-corrected chi connectivity index (χ0v) is 11.6. The zero-order chi connectivity index (χ0) is 14.5. The van der Waals surface area contributed by atoms with Crippen LogP contribution in [0, 0.1) is 0 Å². The Labute approximate surface area is 118 Å². The molecule has 20 heavy (non-hydrogen) atoms. The van der Waals surface area contributed by atoms with Crippen molar-refractivity contribution in [2.75, 3.05) is 18.0 Å². The maximum atomic E-state index is 11.8. The first-order valence-corrected chi connectivity index (χ1v) is 6.94. The Balaban J connectivity index is 2.02. The molecule has 108 valence electrons. The molecular weight excluding hydrogens is 256 g/mol. The van der Waals surface area contributed by atoms with Crippen LogP contribution in [-0.4, -0.2) is 36.1 Å². The first kappa shape index (κ1) is 14.5. The molecule has 1 atom stereocenters. The van der Waals surface area contributed by atoms with Gasteiger partial charge in [-0.3, -0.25) is 9.59 Å². The molecule has 0 aliphatic carbocycles. The molecule has 1 aliphatic rings. The predicted octanol–water partition coefficient (Wildman–Crippen LogP) is 1.31. The van der Waals surface area contributed by atoms with E-state index in [1.54, 1.807) is 36.1 Å². The molecule has 2 rings (SSSR count). The van der Waals surface area contributed by atoms with E-state index in [0.29, 0.717) is 12.0 Å². The molecule has 0 spiro atoms. The van der Waals surface area contributed by atoms with Crippen molar-refractivity contribution in [3.8, 4) is 0 Å². The van der Waals surface area contributed by atoms with Gasteiger partial charge in [0, 0.05) is 30.8 Å². The Hall–Kier alpha value is -1.88. The quantitative estimate of drug-likeness (QED) is 0.871. The third-order valence-electron chi connectivity index (χ3n) is 3.32. The van der Waals surface area contributed by atoms with Gasteiger partial charge in [-0.25, -0.2) is 0 Å². The van der Waals surface area contributed by atoms with Crippen LogP contribution >= 0.6 is 0 Å². The molecule has 0 saturated carbocycles. The minimum Gasteiger partial charge on any atom is -0.392 e. The fraction of sp³-hybridized carbons (Fsp3) is 0.467. The number of carbonyl (C=O) groups excluding carboxylic acids is 2. The third kappa shape index (κ3) is 3.57. The van der Waals surface area contributed by atoms with Crippen LogP contribution in [0.5, 0.6) is 0 Å². The Kier molecular flexibility index (Phi) is 4.74. The average Bonchev–Trinajstić information content (AvgIpc) is 2.45. The van der Waals surface area contributed by atoms with Crippen molar-refractivity contribution in [1.82, 2.24) is 5.32 Å². The summed E-state index contributed by atoms with van der Waals surface area (Å²) in [7, 11) is 0. The van der Waals surface area contributed by atoms with E-state index in [0.717, 1.165) is 25.1 Å². The molecule has 0 aromatic heterocycles. The number of rotatable bonds is 4. The van der Waals surface area contributed by atoms with Gasteiger partial charge in [0.1, 0.15) is 0 Å². The summed E-state index contributed by atoms with van der Waals surface area (Å²) in [4.78, 5) is 25.4. The highest BCUT2D eigenvalue weighted by atomic mass is 16.3. The van der Waals surface area contributed by atoms with Crippen LogP contribution in [0.25, 0.3) is 0 Å². The minimum absolute atomic E-state index is 0.141. The molecule has 2 N–H and O–H groups in total. The van der Waals surface area contributed by atoms with Crippen molar-refractivity contribution < 1.29 is 14.7 Å². The molecule has 1 heterocycles. The Morgan fingerprint density at radius 2 is 2.05 bits per heavy atom. The normalized spacial score (nSPS) is 16.9. The van der Waals surface area contributed by atoms with Crippen LogP contribution in [0.4, 0.5) is 5.69 Å². The van der Waals surface area contributed by atoms with Crippen molar-refractivity contribution in [1.29, 1.82) is 0 Å². The third-order valence-corrected chi connectivity index (χ3v) is 3.32. The molecule has 1 unspecified atom stereocenters. The lowest BCUT2D eigenvalue weighted by Gasteiger charge is -2.26. The van der Waals surface area contributed by atoms with Crippen LogP contribution < -0.4 is 10.2 Å². The first-order valence-electron chi connectivity index (χ1n) is 6.94. The fourth-order valence-corrected chi connectivity index (χ4v) is 2.21. The minimum atomic E-state index is -0.566. The van der Waals surface area contributed by atoms with Crippen LogP contribution in [0.15, 0.2) is 24.3 Å². The monoisotopic (exact) mass is 276 g/mol. The Morgan fingerprint density at radius 3 is 2.65 bits per heavy atom. The van der Waals surface area contributed by atoms with E-state index in [1.165, 1.54) is 0 Å². The molecule has 5 nitrogen and oxygen atoms in total. The lowest BCUT2D eigenvalue weighted by atomic mass is 10.1. The summed E-state index contributed by atoms with van der Waals surface area (Å²) < 4.78 is 0. The molecule has 0 radical (unpaired) electrons. The van der Waals surface area contributed by atoms with E-state index in [4.69, 9.17) is 5.11 Å². The second-order valence-electron chi connectivity index (χ2n) is 5.11. The maximum absolute atomic E-state index is 11.8. The number of hydrogen-bond acceptors (Lipinski definition) is 3. The SMILES string of the molecule is CC(O)CNC(=O)c1ccc(N2CCCCC2=O)cc1. The van der Waals surface area contributed by atoms with E-state index in [2.05, 4.69) is 5.32 Å². The molecule has 1 aromatic carbocycles. The summed E-state index contributed by atoms with van der Waals surface area (Å²) in [5.41, 5.74) is 1.36. The van der Waals surface area contributed by atoms with Gasteiger partial charge in [0.2, 0.25) is 5.91 Å². The van der Waals surface area contributed by atoms with Crippen molar-refractivity contribution >= 4 is 17.5 Å². The fourth-order valence-electron chi connectivity index (χ4n) is 2.21. The van der Waals surface area contributed by atoms with Gasteiger partial charge in [0.25, 0.3) is 5.91 Å². The lowest BCUT2D eigenvalue weighted by Crippen LogP contribution is -2.35. The van der Waals surface area contributed by atoms with Crippen molar-refractivity contribution in [3.63, 3.8) is 0 Å². The number of piperidine rings is 1. The molecule has 1 aliphatic heterocycles. The highest BCUT2D eigenvalue weighted by molar-refractivity contribution is 5.96. The summed E-state index contributed by atoms with van der Waals surface area (Å²) in [6.45, 7) is 2.59. The van der Waals surface area contributed by atoms with Crippen molar-refractivity contribution in [3.05, 3.63) is 29.8 Å². The van der Waals surface area contributed by atoms with Crippen LogP contribution in [0.3, 0.4) is 0 Å². The summed E-state index contributed by atoms with van der Waals surface area (Å²) >= 11 is 0. The van der Waals surface area contributed by atoms with Gasteiger partial charge in [-0.1, -0.05) is 0 Å². The van der Waals surface area contributed by atoms with Gasteiger partial charge in [-0.2, -0.15) is 0 Å². The number of aliphatic hydroxyl groups is 1. The molecule has 1 fully saturated rings. The number of benzene rings is 1. The van der Waals surface area contributed by atoms with Crippen molar-refractivity contribution in [2.24, 2.45) is 0 Å². The molecule has 5 heteroatoms. The van der Waals surface area contributed by atoms with E-state index in [9.17, 15) is 9.59 Å². The number of aliphatic hydroxyl groups excluding tert-OH is 1. The van der Waals surface area contributed by atoms with Gasteiger partial charge in [-0.15, -0.1) is 0 Å². The van der Waals surface area contributed by atoms with Gasteiger partial charge in [0.05, 0.1) is 6.10 Å². The molecule has 1 aromatic rings. The predicted molar refractivity (Wildman–Crippen MR) is 76.7 cm³/mol. The second kappa shape index (κ2) is 6.52. The first-order chi connectivity index (χ1) is 9.58. The largest absolute Gasteiger partial charge is 0.392 e. The summed E-state index contributed by atoms with van der Waals surface area (Å²) in [5, 5.41) is 11.8. The van der Waals surface area contributed by atoms with E-state index in [-0.39, 0.29) is 18.4 Å². The number of nitrogens with one attached hydrogen (secondary N) is 1. The van der Waals surface area contributed by atoms with Crippen LogP contribution in [0.1, 0.15) is 36.5 Å². The standard InChI is InChI=1S/C15H20N2O3/c1-11(18)10-16-15(20)12-5-7-13(8-6-12)17-9-3-2-4-14(17)19/h5-8,11,18H,2-4,9-10H2,1H3,(H,16,20). The summed E-state index contributed by atoms with van der Waals surface area (Å²) in [6, 6.07) is 6.99. The average molecular weight is 276 g/mol. The molecule has 2 amide bonds.